The van der Waals surface area contributed by atoms with E-state index >= 15 is 0 Å². The first-order valence-electron chi connectivity index (χ1n) is 7.76. The highest BCUT2D eigenvalue weighted by atomic mass is 16.6. The lowest BCUT2D eigenvalue weighted by atomic mass is 9.97. The molecule has 1 heterocycles. The number of carbonyl (C=O) groups excluding carboxylic acids is 2. The predicted molar refractivity (Wildman–Crippen MR) is 83.7 cm³/mol. The third-order valence-electron chi connectivity index (χ3n) is 3.87. The minimum Gasteiger partial charge on any atom is -0.466 e. The topological polar surface area (TPSA) is 65.1 Å². The van der Waals surface area contributed by atoms with E-state index < -0.39 is 6.09 Å². The van der Waals surface area contributed by atoms with E-state index in [0.717, 1.165) is 5.56 Å². The average Bonchev–Trinajstić information content (AvgIpc) is 2.98. The lowest BCUT2D eigenvalue weighted by Gasteiger charge is -2.16. The lowest BCUT2D eigenvalue weighted by Crippen LogP contribution is -2.30. The Morgan fingerprint density at radius 3 is 2.57 bits per heavy atom. The minimum atomic E-state index is -0.415. The van der Waals surface area contributed by atoms with Gasteiger partial charge in [0, 0.05) is 26.1 Å². The summed E-state index contributed by atoms with van der Waals surface area (Å²) >= 11 is 0. The molecule has 0 spiro atoms. The molecule has 126 valence electrons. The van der Waals surface area contributed by atoms with E-state index in [1.165, 1.54) is 0 Å². The van der Waals surface area contributed by atoms with Gasteiger partial charge in [-0.05, 0) is 12.5 Å². The van der Waals surface area contributed by atoms with E-state index in [9.17, 15) is 9.59 Å². The third kappa shape index (κ3) is 4.69. The molecule has 0 radical (unpaired) electrons. The number of likely N-dealkylation sites (tertiary alicyclic amines) is 1. The van der Waals surface area contributed by atoms with Crippen LogP contribution >= 0.6 is 0 Å². The van der Waals surface area contributed by atoms with Crippen molar-refractivity contribution in [2.75, 3.05) is 33.4 Å². The van der Waals surface area contributed by atoms with Gasteiger partial charge in [0.25, 0.3) is 0 Å². The zero-order valence-electron chi connectivity index (χ0n) is 13.6. The van der Waals surface area contributed by atoms with Gasteiger partial charge in [0.05, 0.1) is 19.1 Å². The molecule has 23 heavy (non-hydrogen) atoms. The Hall–Kier alpha value is -2.08. The molecule has 2 rings (SSSR count). The van der Waals surface area contributed by atoms with E-state index in [0.29, 0.717) is 26.3 Å². The van der Waals surface area contributed by atoms with Crippen molar-refractivity contribution in [2.45, 2.75) is 13.5 Å². The molecule has 6 heteroatoms. The fourth-order valence-electron chi connectivity index (χ4n) is 2.73. The molecule has 1 amide bonds. The lowest BCUT2D eigenvalue weighted by molar-refractivity contribution is -0.149. The predicted octanol–water partition coefficient (Wildman–Crippen LogP) is 2.08. The van der Waals surface area contributed by atoms with Crippen LogP contribution in [0, 0.1) is 11.8 Å². The Morgan fingerprint density at radius 2 is 1.91 bits per heavy atom. The van der Waals surface area contributed by atoms with Gasteiger partial charge in [-0.2, -0.15) is 0 Å². The van der Waals surface area contributed by atoms with Crippen molar-refractivity contribution in [3.63, 3.8) is 0 Å². The molecule has 1 saturated heterocycles. The summed E-state index contributed by atoms with van der Waals surface area (Å²) in [5.74, 6) is -0.713. The third-order valence-corrected chi connectivity index (χ3v) is 3.87. The van der Waals surface area contributed by atoms with Gasteiger partial charge in [0.1, 0.15) is 6.61 Å². The summed E-state index contributed by atoms with van der Waals surface area (Å²) in [6.45, 7) is 3.46. The van der Waals surface area contributed by atoms with E-state index in [1.54, 1.807) is 18.9 Å². The fraction of sp³-hybridized carbons (Fsp3) is 0.529. The van der Waals surface area contributed by atoms with E-state index in [-0.39, 0.29) is 24.4 Å². The maximum Gasteiger partial charge on any atom is 0.410 e. The van der Waals surface area contributed by atoms with Gasteiger partial charge in [-0.1, -0.05) is 30.3 Å². The summed E-state index contributed by atoms with van der Waals surface area (Å²) in [4.78, 5) is 25.8. The quantitative estimate of drug-likeness (QED) is 0.751. The Morgan fingerprint density at radius 1 is 1.17 bits per heavy atom. The second-order valence-electron chi connectivity index (χ2n) is 5.52. The molecule has 2 atom stereocenters. The standard InChI is InChI=1S/C17H23NO5/c1-3-22-16(19)15-10-18(9-14(15)12-21-2)17(20)23-11-13-7-5-4-6-8-13/h4-8,14-15H,3,9-12H2,1-2H3/t14-,15+/m1/s1. The Kier molecular flexibility index (Phi) is 6.40. The van der Waals surface area contributed by atoms with Gasteiger partial charge in [-0.15, -0.1) is 0 Å². The van der Waals surface area contributed by atoms with E-state index in [1.807, 2.05) is 30.3 Å². The summed E-state index contributed by atoms with van der Waals surface area (Å²) in [5, 5.41) is 0. The molecule has 1 fully saturated rings. The number of methoxy groups -OCH3 is 1. The number of hydrogen-bond acceptors (Lipinski definition) is 5. The van der Waals surface area contributed by atoms with Crippen LogP contribution in [0.5, 0.6) is 0 Å². The molecule has 1 aromatic rings. The van der Waals surface area contributed by atoms with Crippen LogP contribution in [0.3, 0.4) is 0 Å². The van der Waals surface area contributed by atoms with Crippen LogP contribution in [-0.4, -0.2) is 50.4 Å². The van der Waals surface area contributed by atoms with Gasteiger partial charge in [0.2, 0.25) is 0 Å². The summed E-state index contributed by atoms with van der Waals surface area (Å²) in [5.41, 5.74) is 0.926. The molecule has 1 aliphatic rings. The van der Waals surface area contributed by atoms with Gasteiger partial charge in [-0.3, -0.25) is 4.79 Å². The number of amides is 1. The second kappa shape index (κ2) is 8.53. The fourth-order valence-corrected chi connectivity index (χ4v) is 2.73. The van der Waals surface area contributed by atoms with Crippen molar-refractivity contribution in [3.05, 3.63) is 35.9 Å². The van der Waals surface area contributed by atoms with E-state index in [4.69, 9.17) is 14.2 Å². The Balaban J connectivity index is 1.91. The van der Waals surface area contributed by atoms with Crippen LogP contribution in [0.4, 0.5) is 4.79 Å². The minimum absolute atomic E-state index is 0.0664. The van der Waals surface area contributed by atoms with Crippen molar-refractivity contribution in [2.24, 2.45) is 11.8 Å². The number of esters is 1. The molecular formula is C17H23NO5. The smallest absolute Gasteiger partial charge is 0.410 e. The summed E-state index contributed by atoms with van der Waals surface area (Å²) in [6, 6.07) is 9.48. The maximum absolute atomic E-state index is 12.2. The first-order chi connectivity index (χ1) is 11.2. The van der Waals surface area contributed by atoms with Crippen LogP contribution in [-0.2, 0) is 25.6 Å². The number of carbonyl (C=O) groups is 2. The molecule has 0 unspecified atom stereocenters. The molecule has 0 bridgehead atoms. The van der Waals surface area contributed by atoms with Crippen LogP contribution in [0.2, 0.25) is 0 Å². The molecule has 0 aliphatic carbocycles. The largest absolute Gasteiger partial charge is 0.466 e. The van der Waals surface area contributed by atoms with E-state index in [2.05, 4.69) is 0 Å². The van der Waals surface area contributed by atoms with Crippen molar-refractivity contribution in [1.29, 1.82) is 0 Å². The summed E-state index contributed by atoms with van der Waals surface area (Å²) < 4.78 is 15.6. The number of ether oxygens (including phenoxy) is 3. The van der Waals surface area contributed by atoms with Crippen LogP contribution in [0.15, 0.2) is 30.3 Å². The highest BCUT2D eigenvalue weighted by Crippen LogP contribution is 2.26. The van der Waals surface area contributed by atoms with Crippen molar-refractivity contribution < 1.29 is 23.8 Å². The molecule has 1 aromatic carbocycles. The van der Waals surface area contributed by atoms with Gasteiger partial charge in [0.15, 0.2) is 0 Å². The van der Waals surface area contributed by atoms with Gasteiger partial charge in [-0.25, -0.2) is 4.79 Å². The van der Waals surface area contributed by atoms with Crippen LogP contribution in [0.1, 0.15) is 12.5 Å². The first kappa shape index (κ1) is 17.3. The number of benzene rings is 1. The first-order valence-corrected chi connectivity index (χ1v) is 7.76. The van der Waals surface area contributed by atoms with Gasteiger partial charge < -0.3 is 19.1 Å². The maximum atomic E-state index is 12.2. The molecule has 0 N–H and O–H groups in total. The SMILES string of the molecule is CCOC(=O)[C@H]1CN(C(=O)OCc2ccccc2)C[C@@H]1COC. The van der Waals surface area contributed by atoms with Crippen molar-refractivity contribution in [1.82, 2.24) is 4.90 Å². The Bertz CT molecular complexity index is 519. The van der Waals surface area contributed by atoms with Crippen molar-refractivity contribution in [3.8, 4) is 0 Å². The summed E-state index contributed by atoms with van der Waals surface area (Å²) in [6.07, 6.45) is -0.415. The van der Waals surface area contributed by atoms with Crippen LogP contribution < -0.4 is 0 Å². The number of rotatable bonds is 6. The van der Waals surface area contributed by atoms with Crippen molar-refractivity contribution >= 4 is 12.1 Å². The average molecular weight is 321 g/mol. The monoisotopic (exact) mass is 321 g/mol. The normalized spacial score (nSPS) is 20.3. The highest BCUT2D eigenvalue weighted by molar-refractivity contribution is 5.76. The van der Waals surface area contributed by atoms with Gasteiger partial charge >= 0.3 is 12.1 Å². The Labute approximate surface area is 136 Å². The molecule has 0 aromatic heterocycles. The zero-order valence-corrected chi connectivity index (χ0v) is 13.6. The molecule has 1 aliphatic heterocycles. The molecule has 0 saturated carbocycles. The summed E-state index contributed by atoms with van der Waals surface area (Å²) in [7, 11) is 1.58. The molecule has 6 nitrogen and oxygen atoms in total. The highest BCUT2D eigenvalue weighted by Gasteiger charge is 2.41. The van der Waals surface area contributed by atoms with Crippen LogP contribution in [0.25, 0.3) is 0 Å². The number of hydrogen-bond donors (Lipinski definition) is 0. The number of nitrogens with zero attached hydrogens (tertiary/aromatic N) is 1. The second-order valence-corrected chi connectivity index (χ2v) is 5.52. The molecular weight excluding hydrogens is 298 g/mol. The zero-order chi connectivity index (χ0) is 16.7.